The Balaban J connectivity index is 2.01. The minimum Gasteiger partial charge on any atom is -0.430 e. The second-order valence-electron chi connectivity index (χ2n) is 7.34. The van der Waals surface area contributed by atoms with E-state index >= 15 is 0 Å². The fourth-order valence-electron chi connectivity index (χ4n) is 3.83. The molecule has 0 bridgehead atoms. The van der Waals surface area contributed by atoms with Gasteiger partial charge in [-0.05, 0) is 30.1 Å². The van der Waals surface area contributed by atoms with Gasteiger partial charge in [0.25, 0.3) is 5.91 Å². The first-order chi connectivity index (χ1) is 10.2. The fraction of sp³-hybridized carbons (Fsp3) is 0.800. The summed E-state index contributed by atoms with van der Waals surface area (Å²) < 4.78 is 9.42. The Kier molecular flexibility index (Phi) is 4.56. The zero-order valence-corrected chi connectivity index (χ0v) is 13.2. The van der Waals surface area contributed by atoms with Gasteiger partial charge in [-0.3, -0.25) is 4.79 Å². The standard InChI is InChI=1S/C15H22N2O5/c1-14(2)4-10(5-15(3,7-14)8-16-9-18)17-12(19)11-6-21-13(20)22-11/h10-11H,4-8H2,1-3H3,(H,17,19). The van der Waals surface area contributed by atoms with E-state index in [1.165, 1.54) is 0 Å². The molecule has 0 spiro atoms. The molecular formula is C15H22N2O5. The van der Waals surface area contributed by atoms with Crippen molar-refractivity contribution in [1.29, 1.82) is 0 Å². The zero-order valence-electron chi connectivity index (χ0n) is 13.2. The molecule has 2 aliphatic rings. The number of isocyanates is 1. The number of carbonyl (C=O) groups is 2. The quantitative estimate of drug-likeness (QED) is 0.483. The van der Waals surface area contributed by atoms with E-state index in [9.17, 15) is 14.4 Å². The molecule has 1 aliphatic carbocycles. The van der Waals surface area contributed by atoms with Crippen molar-refractivity contribution in [2.75, 3.05) is 13.2 Å². The van der Waals surface area contributed by atoms with Crippen LogP contribution in [0.4, 0.5) is 4.79 Å². The van der Waals surface area contributed by atoms with Crippen molar-refractivity contribution >= 4 is 18.1 Å². The molecule has 2 rings (SSSR count). The molecule has 0 radical (unpaired) electrons. The second-order valence-corrected chi connectivity index (χ2v) is 7.34. The van der Waals surface area contributed by atoms with Gasteiger partial charge in [0, 0.05) is 6.04 Å². The normalized spacial score (nSPS) is 33.3. The maximum absolute atomic E-state index is 12.1. The van der Waals surface area contributed by atoms with Crippen molar-refractivity contribution in [1.82, 2.24) is 5.32 Å². The first kappa shape index (κ1) is 16.5. The third kappa shape index (κ3) is 4.07. The topological polar surface area (TPSA) is 94.1 Å². The van der Waals surface area contributed by atoms with Crippen LogP contribution >= 0.6 is 0 Å². The van der Waals surface area contributed by atoms with Gasteiger partial charge in [0.1, 0.15) is 6.61 Å². The maximum Gasteiger partial charge on any atom is 0.509 e. The molecule has 1 heterocycles. The number of hydrogen-bond acceptors (Lipinski definition) is 6. The van der Waals surface area contributed by atoms with Gasteiger partial charge >= 0.3 is 6.16 Å². The largest absolute Gasteiger partial charge is 0.509 e. The van der Waals surface area contributed by atoms with Crippen LogP contribution in [0.3, 0.4) is 0 Å². The number of nitrogens with one attached hydrogen (secondary N) is 1. The second kappa shape index (κ2) is 6.08. The van der Waals surface area contributed by atoms with Crippen LogP contribution in [0, 0.1) is 10.8 Å². The number of ether oxygens (including phenoxy) is 2. The van der Waals surface area contributed by atoms with E-state index < -0.39 is 12.3 Å². The molecular weight excluding hydrogens is 288 g/mol. The number of aliphatic imine (C=N–C) groups is 1. The van der Waals surface area contributed by atoms with Crippen molar-refractivity contribution in [2.24, 2.45) is 15.8 Å². The summed E-state index contributed by atoms with van der Waals surface area (Å²) in [6, 6.07) is -0.0533. The molecule has 1 saturated carbocycles. The fourth-order valence-corrected chi connectivity index (χ4v) is 3.83. The Hall–Kier alpha value is -1.88. The van der Waals surface area contributed by atoms with Gasteiger partial charge in [-0.1, -0.05) is 20.8 Å². The van der Waals surface area contributed by atoms with Crippen LogP contribution in [-0.4, -0.2) is 43.4 Å². The molecule has 0 aromatic heterocycles. The minimum atomic E-state index is -0.878. The summed E-state index contributed by atoms with van der Waals surface area (Å²) in [5.74, 6) is -0.338. The zero-order chi connectivity index (χ0) is 16.4. The van der Waals surface area contributed by atoms with Crippen LogP contribution in [0.15, 0.2) is 4.99 Å². The van der Waals surface area contributed by atoms with Crippen molar-refractivity contribution in [3.8, 4) is 0 Å². The SMILES string of the molecule is CC1(C)CC(NC(=O)C2COC(=O)O2)CC(C)(CN=C=O)C1. The highest BCUT2D eigenvalue weighted by Gasteiger charge is 2.43. The molecule has 0 aromatic carbocycles. The highest BCUT2D eigenvalue weighted by molar-refractivity contribution is 5.84. The molecule has 2 fully saturated rings. The average Bonchev–Trinajstić information content (AvgIpc) is 2.81. The number of rotatable bonds is 4. The highest BCUT2D eigenvalue weighted by atomic mass is 16.8. The Morgan fingerprint density at radius 1 is 1.41 bits per heavy atom. The van der Waals surface area contributed by atoms with Crippen LogP contribution in [0.5, 0.6) is 0 Å². The Bertz CT molecular complexity index is 512. The molecule has 1 N–H and O–H groups in total. The predicted molar refractivity (Wildman–Crippen MR) is 76.9 cm³/mol. The van der Waals surface area contributed by atoms with Crippen molar-refractivity contribution in [2.45, 2.75) is 52.2 Å². The molecule has 0 aromatic rings. The van der Waals surface area contributed by atoms with Crippen molar-refractivity contribution < 1.29 is 23.9 Å². The average molecular weight is 310 g/mol. The summed E-state index contributed by atoms with van der Waals surface area (Å²) in [7, 11) is 0. The molecule has 22 heavy (non-hydrogen) atoms. The molecule has 3 atom stereocenters. The van der Waals surface area contributed by atoms with Crippen LogP contribution in [0.2, 0.25) is 0 Å². The highest BCUT2D eigenvalue weighted by Crippen LogP contribution is 2.46. The molecule has 1 aliphatic heterocycles. The van der Waals surface area contributed by atoms with Crippen LogP contribution in [0.25, 0.3) is 0 Å². The molecule has 1 amide bonds. The van der Waals surface area contributed by atoms with E-state index in [1.54, 1.807) is 6.08 Å². The van der Waals surface area contributed by atoms with Crippen LogP contribution in [0.1, 0.15) is 40.0 Å². The van der Waals surface area contributed by atoms with Gasteiger partial charge in [0.15, 0.2) is 0 Å². The number of cyclic esters (lactones) is 2. The molecule has 122 valence electrons. The Labute approximate surface area is 129 Å². The van der Waals surface area contributed by atoms with Gasteiger partial charge in [-0.15, -0.1) is 0 Å². The molecule has 3 unspecified atom stereocenters. The number of amides is 1. The Morgan fingerprint density at radius 2 is 2.14 bits per heavy atom. The van der Waals surface area contributed by atoms with E-state index in [0.717, 1.165) is 19.3 Å². The lowest BCUT2D eigenvalue weighted by Gasteiger charge is -2.46. The summed E-state index contributed by atoms with van der Waals surface area (Å²) in [4.78, 5) is 37.2. The van der Waals surface area contributed by atoms with Gasteiger partial charge in [-0.2, -0.15) is 0 Å². The smallest absolute Gasteiger partial charge is 0.430 e. The first-order valence-electron chi connectivity index (χ1n) is 7.40. The van der Waals surface area contributed by atoms with E-state index in [0.29, 0.717) is 6.54 Å². The van der Waals surface area contributed by atoms with Gasteiger partial charge in [0.05, 0.1) is 6.54 Å². The molecule has 7 nitrogen and oxygen atoms in total. The summed E-state index contributed by atoms with van der Waals surface area (Å²) in [6.07, 6.45) is 2.35. The van der Waals surface area contributed by atoms with E-state index in [2.05, 4.69) is 35.8 Å². The molecule has 1 saturated heterocycles. The molecule has 7 heteroatoms. The summed E-state index contributed by atoms with van der Waals surface area (Å²) in [6.45, 7) is 6.67. The summed E-state index contributed by atoms with van der Waals surface area (Å²) in [5, 5.41) is 2.93. The number of hydrogen-bond donors (Lipinski definition) is 1. The first-order valence-corrected chi connectivity index (χ1v) is 7.40. The van der Waals surface area contributed by atoms with Crippen molar-refractivity contribution in [3.63, 3.8) is 0 Å². The maximum atomic E-state index is 12.1. The van der Waals surface area contributed by atoms with E-state index in [-0.39, 0.29) is 29.4 Å². The summed E-state index contributed by atoms with van der Waals surface area (Å²) >= 11 is 0. The summed E-state index contributed by atoms with van der Waals surface area (Å²) in [5.41, 5.74) is -0.147. The van der Waals surface area contributed by atoms with Gasteiger partial charge < -0.3 is 14.8 Å². The Morgan fingerprint density at radius 3 is 2.73 bits per heavy atom. The lowest BCUT2D eigenvalue weighted by molar-refractivity contribution is -0.129. The lowest BCUT2D eigenvalue weighted by Crippen LogP contribution is -2.50. The number of carbonyl (C=O) groups excluding carboxylic acids is 3. The van der Waals surface area contributed by atoms with Gasteiger partial charge in [-0.25, -0.2) is 14.6 Å². The third-order valence-electron chi connectivity index (χ3n) is 4.20. The predicted octanol–water partition coefficient (Wildman–Crippen LogP) is 1.56. The van der Waals surface area contributed by atoms with E-state index in [4.69, 9.17) is 4.74 Å². The van der Waals surface area contributed by atoms with Crippen LogP contribution in [-0.2, 0) is 19.1 Å². The van der Waals surface area contributed by atoms with E-state index in [1.807, 2.05) is 0 Å². The van der Waals surface area contributed by atoms with Crippen LogP contribution < -0.4 is 5.32 Å². The lowest BCUT2D eigenvalue weighted by atomic mass is 9.62. The number of nitrogens with zero attached hydrogens (tertiary/aromatic N) is 1. The minimum absolute atomic E-state index is 0.0200. The van der Waals surface area contributed by atoms with Gasteiger partial charge in [0.2, 0.25) is 12.2 Å². The van der Waals surface area contributed by atoms with Crippen molar-refractivity contribution in [3.05, 3.63) is 0 Å². The third-order valence-corrected chi connectivity index (χ3v) is 4.20. The monoisotopic (exact) mass is 310 g/mol.